The first kappa shape index (κ1) is 13.4. The zero-order valence-corrected chi connectivity index (χ0v) is 11.7. The quantitative estimate of drug-likeness (QED) is 0.833. The maximum atomic E-state index is 12.2. The SMILES string of the molecule is O=C(OCc1ccccc1)N1CCC[C@]2(CCOC2)C1. The molecule has 0 saturated carbocycles. The van der Waals surface area contributed by atoms with Crippen LogP contribution in [-0.4, -0.2) is 37.3 Å². The lowest BCUT2D eigenvalue weighted by atomic mass is 9.79. The number of rotatable bonds is 2. The topological polar surface area (TPSA) is 38.8 Å². The van der Waals surface area contributed by atoms with Gasteiger partial charge in [-0.05, 0) is 24.8 Å². The molecule has 0 aromatic heterocycles. The first-order valence-electron chi connectivity index (χ1n) is 7.31. The number of benzene rings is 1. The van der Waals surface area contributed by atoms with Gasteiger partial charge in [-0.1, -0.05) is 30.3 Å². The molecule has 1 aromatic rings. The van der Waals surface area contributed by atoms with Crippen molar-refractivity contribution in [1.29, 1.82) is 0 Å². The molecule has 2 fully saturated rings. The molecule has 108 valence electrons. The van der Waals surface area contributed by atoms with E-state index in [0.29, 0.717) is 6.61 Å². The van der Waals surface area contributed by atoms with E-state index in [-0.39, 0.29) is 11.5 Å². The van der Waals surface area contributed by atoms with Crippen molar-refractivity contribution in [2.75, 3.05) is 26.3 Å². The summed E-state index contributed by atoms with van der Waals surface area (Å²) in [6.07, 6.45) is 3.08. The Morgan fingerprint density at radius 1 is 1.30 bits per heavy atom. The summed E-state index contributed by atoms with van der Waals surface area (Å²) in [6, 6.07) is 9.80. The van der Waals surface area contributed by atoms with Crippen molar-refractivity contribution in [2.24, 2.45) is 5.41 Å². The second-order valence-corrected chi connectivity index (χ2v) is 5.87. The van der Waals surface area contributed by atoms with Crippen LogP contribution < -0.4 is 0 Å². The summed E-state index contributed by atoms with van der Waals surface area (Å²) in [4.78, 5) is 14.0. The van der Waals surface area contributed by atoms with Gasteiger partial charge in [0.15, 0.2) is 0 Å². The number of ether oxygens (including phenoxy) is 2. The number of hydrogen-bond acceptors (Lipinski definition) is 3. The Bertz CT molecular complexity index is 454. The minimum absolute atomic E-state index is 0.185. The van der Waals surface area contributed by atoms with Gasteiger partial charge < -0.3 is 14.4 Å². The van der Waals surface area contributed by atoms with E-state index in [1.165, 1.54) is 0 Å². The van der Waals surface area contributed by atoms with E-state index < -0.39 is 0 Å². The van der Waals surface area contributed by atoms with Crippen LogP contribution in [0, 0.1) is 5.41 Å². The van der Waals surface area contributed by atoms with E-state index in [9.17, 15) is 4.79 Å². The number of amides is 1. The van der Waals surface area contributed by atoms with Crippen LogP contribution in [0.1, 0.15) is 24.8 Å². The summed E-state index contributed by atoms with van der Waals surface area (Å²) in [7, 11) is 0. The van der Waals surface area contributed by atoms with Crippen molar-refractivity contribution in [3.8, 4) is 0 Å². The molecule has 1 amide bonds. The molecule has 2 aliphatic heterocycles. The van der Waals surface area contributed by atoms with Crippen molar-refractivity contribution in [2.45, 2.75) is 25.9 Å². The van der Waals surface area contributed by atoms with Gasteiger partial charge in [-0.15, -0.1) is 0 Å². The molecule has 1 atom stereocenters. The molecule has 0 radical (unpaired) electrons. The highest BCUT2D eigenvalue weighted by Gasteiger charge is 2.40. The molecule has 2 aliphatic rings. The van der Waals surface area contributed by atoms with Crippen LogP contribution in [0.2, 0.25) is 0 Å². The lowest BCUT2D eigenvalue weighted by Gasteiger charge is -2.38. The van der Waals surface area contributed by atoms with Gasteiger partial charge in [0.1, 0.15) is 6.61 Å². The lowest BCUT2D eigenvalue weighted by molar-refractivity contribution is 0.0444. The molecule has 1 spiro atoms. The van der Waals surface area contributed by atoms with Crippen LogP contribution in [0.15, 0.2) is 30.3 Å². The van der Waals surface area contributed by atoms with Crippen molar-refractivity contribution >= 4 is 6.09 Å². The van der Waals surface area contributed by atoms with Gasteiger partial charge in [-0.2, -0.15) is 0 Å². The van der Waals surface area contributed by atoms with Crippen molar-refractivity contribution in [3.63, 3.8) is 0 Å². The number of carbonyl (C=O) groups is 1. The fourth-order valence-electron chi connectivity index (χ4n) is 3.15. The van der Waals surface area contributed by atoms with Gasteiger partial charge in [-0.25, -0.2) is 4.79 Å². The maximum absolute atomic E-state index is 12.2. The Kier molecular flexibility index (Phi) is 3.92. The predicted molar refractivity (Wildman–Crippen MR) is 75.3 cm³/mol. The number of likely N-dealkylation sites (tertiary alicyclic amines) is 1. The molecule has 2 heterocycles. The first-order chi connectivity index (χ1) is 9.77. The minimum Gasteiger partial charge on any atom is -0.445 e. The van der Waals surface area contributed by atoms with Crippen molar-refractivity contribution in [3.05, 3.63) is 35.9 Å². The number of carbonyl (C=O) groups excluding carboxylic acids is 1. The Labute approximate surface area is 119 Å². The van der Waals surface area contributed by atoms with Crippen LogP contribution in [0.3, 0.4) is 0 Å². The molecular formula is C16H21NO3. The van der Waals surface area contributed by atoms with Crippen LogP contribution in [0.4, 0.5) is 4.79 Å². The van der Waals surface area contributed by atoms with Crippen molar-refractivity contribution < 1.29 is 14.3 Å². The van der Waals surface area contributed by atoms with Gasteiger partial charge in [-0.3, -0.25) is 0 Å². The fraction of sp³-hybridized carbons (Fsp3) is 0.562. The third-order valence-corrected chi connectivity index (χ3v) is 4.31. The second kappa shape index (κ2) is 5.83. The van der Waals surface area contributed by atoms with E-state index in [0.717, 1.165) is 51.1 Å². The van der Waals surface area contributed by atoms with E-state index in [1.807, 2.05) is 35.2 Å². The Morgan fingerprint density at radius 2 is 2.15 bits per heavy atom. The summed E-state index contributed by atoms with van der Waals surface area (Å²) < 4.78 is 10.9. The largest absolute Gasteiger partial charge is 0.445 e. The van der Waals surface area contributed by atoms with E-state index in [1.54, 1.807) is 0 Å². The second-order valence-electron chi connectivity index (χ2n) is 5.87. The summed E-state index contributed by atoms with van der Waals surface area (Å²) in [5.74, 6) is 0. The number of hydrogen-bond donors (Lipinski definition) is 0. The van der Waals surface area contributed by atoms with Crippen molar-refractivity contribution in [1.82, 2.24) is 4.90 Å². The molecule has 4 nitrogen and oxygen atoms in total. The molecule has 20 heavy (non-hydrogen) atoms. The van der Waals surface area contributed by atoms with Crippen LogP contribution >= 0.6 is 0 Å². The monoisotopic (exact) mass is 275 g/mol. The van der Waals surface area contributed by atoms with Gasteiger partial charge in [0.25, 0.3) is 0 Å². The smallest absolute Gasteiger partial charge is 0.410 e. The molecule has 0 aliphatic carbocycles. The third kappa shape index (κ3) is 2.96. The molecule has 4 heteroatoms. The molecule has 3 rings (SSSR count). The highest BCUT2D eigenvalue weighted by atomic mass is 16.6. The average molecular weight is 275 g/mol. The van der Waals surface area contributed by atoms with E-state index in [2.05, 4.69) is 0 Å². The van der Waals surface area contributed by atoms with Crippen LogP contribution in [0.5, 0.6) is 0 Å². The zero-order chi connectivity index (χ0) is 13.8. The average Bonchev–Trinajstić information content (AvgIpc) is 2.93. The number of piperidine rings is 1. The fourth-order valence-corrected chi connectivity index (χ4v) is 3.15. The Hall–Kier alpha value is -1.55. The highest BCUT2D eigenvalue weighted by molar-refractivity contribution is 5.67. The van der Waals surface area contributed by atoms with E-state index in [4.69, 9.17) is 9.47 Å². The summed E-state index contributed by atoms with van der Waals surface area (Å²) in [5, 5.41) is 0. The molecule has 0 bridgehead atoms. The standard InChI is InChI=1S/C16H21NO3/c18-15(20-11-14-5-2-1-3-6-14)17-9-4-7-16(12-17)8-10-19-13-16/h1-3,5-6H,4,7-13H2/t16-/m0/s1. The van der Waals surface area contributed by atoms with E-state index >= 15 is 0 Å². The zero-order valence-electron chi connectivity index (χ0n) is 11.7. The van der Waals surface area contributed by atoms with Gasteiger partial charge in [0.05, 0.1) is 6.61 Å². The molecule has 0 unspecified atom stereocenters. The first-order valence-corrected chi connectivity index (χ1v) is 7.31. The minimum atomic E-state index is -0.195. The highest BCUT2D eigenvalue weighted by Crippen LogP contribution is 2.37. The molecular weight excluding hydrogens is 254 g/mol. The summed E-state index contributed by atoms with van der Waals surface area (Å²) in [6.45, 7) is 3.54. The van der Waals surface area contributed by atoms with Gasteiger partial charge >= 0.3 is 6.09 Å². The van der Waals surface area contributed by atoms with Gasteiger partial charge in [0, 0.05) is 25.1 Å². The summed E-state index contributed by atoms with van der Waals surface area (Å²) >= 11 is 0. The van der Waals surface area contributed by atoms with Crippen LogP contribution in [0.25, 0.3) is 0 Å². The number of nitrogens with zero attached hydrogens (tertiary/aromatic N) is 1. The predicted octanol–water partition coefficient (Wildman–Crippen LogP) is 2.83. The maximum Gasteiger partial charge on any atom is 0.410 e. The Morgan fingerprint density at radius 3 is 2.90 bits per heavy atom. The summed E-state index contributed by atoms with van der Waals surface area (Å²) in [5.41, 5.74) is 1.21. The lowest BCUT2D eigenvalue weighted by Crippen LogP contribution is -2.46. The van der Waals surface area contributed by atoms with Gasteiger partial charge in [0.2, 0.25) is 0 Å². The van der Waals surface area contributed by atoms with Crippen LogP contribution in [-0.2, 0) is 16.1 Å². The molecule has 2 saturated heterocycles. The third-order valence-electron chi connectivity index (χ3n) is 4.31. The molecule has 1 aromatic carbocycles. The normalized spacial score (nSPS) is 25.9. The molecule has 0 N–H and O–H groups in total. The Balaban J connectivity index is 1.54.